The van der Waals surface area contributed by atoms with Crippen LogP contribution in [-0.4, -0.2) is 39.4 Å². The highest BCUT2D eigenvalue weighted by Crippen LogP contribution is 2.27. The molecule has 4 rings (SSSR count). The van der Waals surface area contributed by atoms with E-state index in [9.17, 15) is 4.79 Å². The fourth-order valence-corrected chi connectivity index (χ4v) is 3.39. The van der Waals surface area contributed by atoms with E-state index in [1.807, 2.05) is 53.1 Å². The number of nitrogens with one attached hydrogen (secondary N) is 1. The summed E-state index contributed by atoms with van der Waals surface area (Å²) in [6.45, 7) is 0.729. The number of fused-ring (bicyclic) bond motifs is 3. The summed E-state index contributed by atoms with van der Waals surface area (Å²) < 4.78 is 1.90. The summed E-state index contributed by atoms with van der Waals surface area (Å²) in [6.07, 6.45) is 7.77. The Labute approximate surface area is 193 Å². The minimum absolute atomic E-state index is 0. The van der Waals surface area contributed by atoms with Gasteiger partial charge in [-0.2, -0.15) is 0 Å². The molecule has 3 aromatic rings. The highest BCUT2D eigenvalue weighted by molar-refractivity contribution is 6.15. The van der Waals surface area contributed by atoms with Crippen LogP contribution in [0.4, 0.5) is 0 Å². The van der Waals surface area contributed by atoms with Crippen LogP contribution in [0.3, 0.4) is 0 Å². The molecule has 0 saturated carbocycles. The molecule has 6 nitrogen and oxygen atoms in total. The summed E-state index contributed by atoms with van der Waals surface area (Å²) in [5.41, 5.74) is 5.40. The third-order valence-electron chi connectivity index (χ3n) is 4.81. The Balaban J connectivity index is 0.00000171. The van der Waals surface area contributed by atoms with Crippen molar-refractivity contribution in [2.45, 2.75) is 13.0 Å². The van der Waals surface area contributed by atoms with Crippen molar-refractivity contribution in [1.82, 2.24) is 14.9 Å². The molecular formula is C23H22Cl2N4O2. The van der Waals surface area contributed by atoms with Crippen LogP contribution >= 0.6 is 24.8 Å². The number of aliphatic hydroxyl groups excluding tert-OH is 1. The van der Waals surface area contributed by atoms with Crippen LogP contribution in [0.5, 0.6) is 0 Å². The molecule has 0 unspecified atom stereocenters. The van der Waals surface area contributed by atoms with Crippen molar-refractivity contribution < 1.29 is 9.90 Å². The van der Waals surface area contributed by atoms with E-state index in [4.69, 9.17) is 16.5 Å². The van der Waals surface area contributed by atoms with E-state index < -0.39 is 0 Å². The summed E-state index contributed by atoms with van der Waals surface area (Å²) >= 11 is 0. The lowest BCUT2D eigenvalue weighted by Crippen LogP contribution is -2.26. The zero-order chi connectivity index (χ0) is 20.2. The molecule has 2 heterocycles. The predicted molar refractivity (Wildman–Crippen MR) is 126 cm³/mol. The Kier molecular flexibility index (Phi) is 8.40. The second-order valence-electron chi connectivity index (χ2n) is 6.65. The van der Waals surface area contributed by atoms with Crippen LogP contribution in [0.25, 0.3) is 5.69 Å². The van der Waals surface area contributed by atoms with E-state index in [0.717, 1.165) is 28.1 Å². The molecule has 2 N–H and O–H groups in total. The number of carbonyl (C=O) groups excluding carboxylic acids is 1. The third-order valence-corrected chi connectivity index (χ3v) is 4.81. The van der Waals surface area contributed by atoms with E-state index in [0.29, 0.717) is 30.9 Å². The number of amides is 1. The number of aliphatic imine (C=N–C) groups is 1. The fraction of sp³-hybridized carbons (Fsp3) is 0.174. The Bertz CT molecular complexity index is 1130. The van der Waals surface area contributed by atoms with Crippen LogP contribution in [0, 0.1) is 12.3 Å². The monoisotopic (exact) mass is 456 g/mol. The first kappa shape index (κ1) is 24.2. The van der Waals surface area contributed by atoms with Crippen LogP contribution in [0.1, 0.15) is 39.3 Å². The lowest BCUT2D eigenvalue weighted by molar-refractivity contribution is 0.0945. The van der Waals surface area contributed by atoms with Gasteiger partial charge in [-0.1, -0.05) is 36.3 Å². The molecule has 0 fully saturated rings. The van der Waals surface area contributed by atoms with E-state index in [2.05, 4.69) is 16.2 Å². The molecule has 1 aliphatic heterocycles. The molecule has 31 heavy (non-hydrogen) atoms. The van der Waals surface area contributed by atoms with Crippen LogP contribution in [0.2, 0.25) is 0 Å². The van der Waals surface area contributed by atoms with Crippen LogP contribution in [-0.2, 0) is 6.54 Å². The number of rotatable bonds is 5. The smallest absolute Gasteiger partial charge is 0.271 e. The van der Waals surface area contributed by atoms with Gasteiger partial charge < -0.3 is 10.4 Å². The molecular weight excluding hydrogens is 435 g/mol. The number of halogens is 2. The van der Waals surface area contributed by atoms with Gasteiger partial charge in [-0.25, -0.2) is 4.98 Å². The molecule has 0 aliphatic carbocycles. The Morgan fingerprint density at radius 1 is 1.19 bits per heavy atom. The number of hydrogen-bond acceptors (Lipinski definition) is 4. The number of nitrogens with zero attached hydrogens (tertiary/aromatic N) is 3. The summed E-state index contributed by atoms with van der Waals surface area (Å²) in [7, 11) is 0. The van der Waals surface area contributed by atoms with Gasteiger partial charge in [0.25, 0.3) is 5.91 Å². The van der Waals surface area contributed by atoms with E-state index in [1.165, 1.54) is 0 Å². The molecule has 0 saturated heterocycles. The zero-order valence-corrected chi connectivity index (χ0v) is 18.2. The van der Waals surface area contributed by atoms with E-state index in [1.54, 1.807) is 6.33 Å². The van der Waals surface area contributed by atoms with Crippen molar-refractivity contribution in [3.05, 3.63) is 82.9 Å². The second kappa shape index (κ2) is 10.8. The quantitative estimate of drug-likeness (QED) is 0.457. The maximum absolute atomic E-state index is 12.6. The van der Waals surface area contributed by atoms with Gasteiger partial charge in [0.05, 0.1) is 23.6 Å². The minimum atomic E-state index is -0.271. The van der Waals surface area contributed by atoms with Gasteiger partial charge in [0.2, 0.25) is 0 Å². The van der Waals surface area contributed by atoms with Crippen molar-refractivity contribution in [2.75, 3.05) is 13.2 Å². The maximum Gasteiger partial charge on any atom is 0.271 e. The first-order valence-corrected chi connectivity index (χ1v) is 9.39. The summed E-state index contributed by atoms with van der Waals surface area (Å²) in [5, 5.41) is 11.7. The standard InChI is InChI=1S/C23H20N4O2.2ClH/c1-2-16-9-10-19-18(13-16)21(17-7-4-3-5-8-17)25-14-20-22(26-15-27(19)20)23(29)24-11-6-12-28;;/h1,3-5,7-10,13,15,28H,6,11-12,14H2,(H,24,29);2*1H. The number of imidazole rings is 1. The van der Waals surface area contributed by atoms with Gasteiger partial charge in [-0.15, -0.1) is 31.2 Å². The summed E-state index contributed by atoms with van der Waals surface area (Å²) in [5.74, 6) is 2.41. The van der Waals surface area contributed by atoms with E-state index >= 15 is 0 Å². The van der Waals surface area contributed by atoms with Gasteiger partial charge in [0, 0.05) is 29.8 Å². The van der Waals surface area contributed by atoms with Gasteiger partial charge in [0.15, 0.2) is 5.69 Å². The fourth-order valence-electron chi connectivity index (χ4n) is 3.39. The number of carbonyl (C=O) groups is 1. The SMILES string of the molecule is C#Cc1ccc2c(c1)C(c1ccccc1)=NCc1c(C(=O)NCCCO)ncn1-2.Cl.Cl. The van der Waals surface area contributed by atoms with Gasteiger partial charge >= 0.3 is 0 Å². The third kappa shape index (κ3) is 4.80. The Hall–Kier alpha value is -3.11. The van der Waals surface area contributed by atoms with Gasteiger partial charge in [-0.05, 0) is 24.6 Å². The molecule has 1 aliphatic rings. The van der Waals surface area contributed by atoms with Crippen molar-refractivity contribution in [3.8, 4) is 18.0 Å². The normalized spacial score (nSPS) is 11.4. The van der Waals surface area contributed by atoms with Gasteiger partial charge in [0.1, 0.15) is 6.33 Å². The second-order valence-corrected chi connectivity index (χ2v) is 6.65. The average molecular weight is 457 g/mol. The average Bonchev–Trinajstić information content (AvgIpc) is 3.11. The number of hydrogen-bond donors (Lipinski definition) is 2. The maximum atomic E-state index is 12.6. The summed E-state index contributed by atoms with van der Waals surface area (Å²) in [4.78, 5) is 21.8. The largest absolute Gasteiger partial charge is 0.396 e. The molecule has 0 atom stereocenters. The molecule has 0 bridgehead atoms. The van der Waals surface area contributed by atoms with Crippen LogP contribution in [0.15, 0.2) is 59.9 Å². The first-order chi connectivity index (χ1) is 14.2. The van der Waals surface area contributed by atoms with E-state index in [-0.39, 0.29) is 37.3 Å². The molecule has 1 aromatic heterocycles. The van der Waals surface area contributed by atoms with Crippen molar-refractivity contribution in [3.63, 3.8) is 0 Å². The Morgan fingerprint density at radius 3 is 2.68 bits per heavy atom. The van der Waals surface area contributed by atoms with Crippen molar-refractivity contribution in [2.24, 2.45) is 4.99 Å². The van der Waals surface area contributed by atoms with Gasteiger partial charge in [-0.3, -0.25) is 14.4 Å². The number of aromatic nitrogens is 2. The lowest BCUT2D eigenvalue weighted by atomic mass is 9.98. The zero-order valence-electron chi connectivity index (χ0n) is 16.6. The minimum Gasteiger partial charge on any atom is -0.396 e. The molecule has 2 aromatic carbocycles. The number of aliphatic hydroxyl groups is 1. The molecule has 0 radical (unpaired) electrons. The highest BCUT2D eigenvalue weighted by Gasteiger charge is 2.24. The first-order valence-electron chi connectivity index (χ1n) is 9.39. The van der Waals surface area contributed by atoms with Crippen LogP contribution < -0.4 is 5.32 Å². The number of benzene rings is 2. The van der Waals surface area contributed by atoms with Crippen molar-refractivity contribution >= 4 is 36.4 Å². The van der Waals surface area contributed by atoms with Crippen molar-refractivity contribution in [1.29, 1.82) is 0 Å². The topological polar surface area (TPSA) is 79.5 Å². The lowest BCUT2D eigenvalue weighted by Gasteiger charge is -2.12. The summed E-state index contributed by atoms with van der Waals surface area (Å²) in [6, 6.07) is 15.7. The predicted octanol–water partition coefficient (Wildman–Crippen LogP) is 3.16. The molecule has 1 amide bonds. The highest BCUT2D eigenvalue weighted by atomic mass is 35.5. The Morgan fingerprint density at radius 2 is 1.97 bits per heavy atom. The molecule has 8 heteroatoms. The molecule has 160 valence electrons. The number of terminal acetylenes is 1. The molecule has 0 spiro atoms.